The first kappa shape index (κ1) is 12.3. The molecule has 0 aliphatic heterocycles. The van der Waals surface area contributed by atoms with Gasteiger partial charge >= 0.3 is 0 Å². The summed E-state index contributed by atoms with van der Waals surface area (Å²) in [4.78, 5) is 0. The molecule has 0 saturated carbocycles. The van der Waals surface area contributed by atoms with E-state index in [4.69, 9.17) is 15.2 Å². The van der Waals surface area contributed by atoms with Crippen LogP contribution >= 0.6 is 15.9 Å². The molecule has 84 valence electrons. The van der Waals surface area contributed by atoms with E-state index in [9.17, 15) is 0 Å². The molecule has 1 rings (SSSR count). The van der Waals surface area contributed by atoms with Crippen molar-refractivity contribution < 1.29 is 9.47 Å². The lowest BCUT2D eigenvalue weighted by molar-refractivity contribution is 0.351. The Morgan fingerprint density at radius 1 is 1.27 bits per heavy atom. The summed E-state index contributed by atoms with van der Waals surface area (Å²) in [6.45, 7) is 2.56. The molecule has 0 heterocycles. The normalized spacial score (nSPS) is 10.2. The average molecular weight is 274 g/mol. The van der Waals surface area contributed by atoms with E-state index < -0.39 is 0 Å². The van der Waals surface area contributed by atoms with Gasteiger partial charge in [0, 0.05) is 16.6 Å². The molecular formula is C11H16BrNO2. The summed E-state index contributed by atoms with van der Waals surface area (Å²) in [5.41, 5.74) is 7.90. The molecular weight excluding hydrogens is 258 g/mol. The van der Waals surface area contributed by atoms with Gasteiger partial charge in [-0.1, -0.05) is 22.9 Å². The Balaban J connectivity index is 3.44. The maximum atomic E-state index is 5.72. The Morgan fingerprint density at radius 2 is 1.93 bits per heavy atom. The fraction of sp³-hybridized carbons (Fsp3) is 0.455. The van der Waals surface area contributed by atoms with Crippen molar-refractivity contribution in [1.29, 1.82) is 0 Å². The van der Waals surface area contributed by atoms with Crippen LogP contribution in [0.1, 0.15) is 18.1 Å². The summed E-state index contributed by atoms with van der Waals surface area (Å²) in [6.07, 6.45) is 0.867. The van der Waals surface area contributed by atoms with E-state index in [2.05, 4.69) is 22.9 Å². The molecule has 3 nitrogen and oxygen atoms in total. The molecule has 0 atom stereocenters. The number of halogens is 1. The number of rotatable bonds is 4. The third-order valence-electron chi connectivity index (χ3n) is 2.39. The first-order valence-corrected chi connectivity index (χ1v) is 5.61. The van der Waals surface area contributed by atoms with Crippen LogP contribution in [-0.4, -0.2) is 14.2 Å². The van der Waals surface area contributed by atoms with E-state index in [1.54, 1.807) is 14.2 Å². The maximum Gasteiger partial charge on any atom is 0.164 e. The molecule has 15 heavy (non-hydrogen) atoms. The third kappa shape index (κ3) is 2.26. The highest BCUT2D eigenvalue weighted by Crippen LogP contribution is 2.38. The van der Waals surface area contributed by atoms with Gasteiger partial charge < -0.3 is 15.2 Å². The fourth-order valence-electron chi connectivity index (χ4n) is 1.67. The zero-order valence-electron chi connectivity index (χ0n) is 9.26. The van der Waals surface area contributed by atoms with E-state index in [1.165, 1.54) is 0 Å². The lowest BCUT2D eigenvalue weighted by Crippen LogP contribution is -2.05. The second-order valence-electron chi connectivity index (χ2n) is 3.11. The fourth-order valence-corrected chi connectivity index (χ4v) is 2.28. The van der Waals surface area contributed by atoms with Gasteiger partial charge in [-0.05, 0) is 18.1 Å². The Hall–Kier alpha value is -0.740. The molecule has 0 spiro atoms. The second kappa shape index (κ2) is 5.37. The van der Waals surface area contributed by atoms with E-state index in [-0.39, 0.29) is 0 Å². The SMILES string of the molecule is CCc1c(CN)c(Br)cc(OC)c1OC. The number of nitrogens with two attached hydrogens (primary N) is 1. The summed E-state index contributed by atoms with van der Waals surface area (Å²) in [6, 6.07) is 1.89. The van der Waals surface area contributed by atoms with Crippen molar-refractivity contribution in [3.8, 4) is 11.5 Å². The molecule has 1 aromatic carbocycles. The van der Waals surface area contributed by atoms with Crippen LogP contribution in [0.2, 0.25) is 0 Å². The van der Waals surface area contributed by atoms with Crippen LogP contribution in [0.5, 0.6) is 11.5 Å². The van der Waals surface area contributed by atoms with E-state index in [0.717, 1.165) is 33.5 Å². The van der Waals surface area contributed by atoms with Crippen LogP contribution in [0.4, 0.5) is 0 Å². The number of benzene rings is 1. The summed E-state index contributed by atoms with van der Waals surface area (Å²) in [7, 11) is 3.27. The van der Waals surface area contributed by atoms with Gasteiger partial charge in [0.15, 0.2) is 11.5 Å². The zero-order valence-corrected chi connectivity index (χ0v) is 10.8. The number of methoxy groups -OCH3 is 2. The minimum Gasteiger partial charge on any atom is -0.493 e. The molecule has 0 aromatic heterocycles. The van der Waals surface area contributed by atoms with E-state index in [1.807, 2.05) is 6.07 Å². The van der Waals surface area contributed by atoms with Gasteiger partial charge in [-0.25, -0.2) is 0 Å². The largest absolute Gasteiger partial charge is 0.493 e. The number of hydrogen-bond acceptors (Lipinski definition) is 3. The van der Waals surface area contributed by atoms with Crippen molar-refractivity contribution >= 4 is 15.9 Å². The van der Waals surface area contributed by atoms with Gasteiger partial charge in [0.2, 0.25) is 0 Å². The molecule has 0 amide bonds. The minimum absolute atomic E-state index is 0.490. The van der Waals surface area contributed by atoms with Gasteiger partial charge in [-0.2, -0.15) is 0 Å². The predicted octanol–water partition coefficient (Wildman–Crippen LogP) is 2.49. The molecule has 0 fully saturated rings. The zero-order chi connectivity index (χ0) is 11.4. The van der Waals surface area contributed by atoms with Gasteiger partial charge in [0.05, 0.1) is 14.2 Å². The van der Waals surface area contributed by atoms with Crippen LogP contribution in [0.15, 0.2) is 10.5 Å². The molecule has 0 saturated heterocycles. The molecule has 0 aliphatic rings. The summed E-state index contributed by atoms with van der Waals surface area (Å²) >= 11 is 3.49. The minimum atomic E-state index is 0.490. The summed E-state index contributed by atoms with van der Waals surface area (Å²) in [5, 5.41) is 0. The molecule has 1 aromatic rings. The smallest absolute Gasteiger partial charge is 0.164 e. The van der Waals surface area contributed by atoms with E-state index in [0.29, 0.717) is 6.54 Å². The molecule has 0 unspecified atom stereocenters. The highest BCUT2D eigenvalue weighted by atomic mass is 79.9. The molecule has 0 radical (unpaired) electrons. The van der Waals surface area contributed by atoms with Gasteiger partial charge in [-0.15, -0.1) is 0 Å². The van der Waals surface area contributed by atoms with Crippen molar-refractivity contribution in [3.63, 3.8) is 0 Å². The second-order valence-corrected chi connectivity index (χ2v) is 3.96. The van der Waals surface area contributed by atoms with Crippen molar-refractivity contribution in [3.05, 3.63) is 21.7 Å². The first-order chi connectivity index (χ1) is 7.19. The predicted molar refractivity (Wildman–Crippen MR) is 64.5 cm³/mol. The Labute approximate surface area is 98.7 Å². The lowest BCUT2D eigenvalue weighted by Gasteiger charge is -2.16. The number of ether oxygens (including phenoxy) is 2. The Kier molecular flexibility index (Phi) is 4.42. The van der Waals surface area contributed by atoms with E-state index >= 15 is 0 Å². The monoisotopic (exact) mass is 273 g/mol. The van der Waals surface area contributed by atoms with Crippen molar-refractivity contribution in [1.82, 2.24) is 0 Å². The molecule has 4 heteroatoms. The first-order valence-electron chi connectivity index (χ1n) is 4.81. The molecule has 0 aliphatic carbocycles. The van der Waals surface area contributed by atoms with Crippen molar-refractivity contribution in [2.45, 2.75) is 19.9 Å². The standard InChI is InChI=1S/C11H16BrNO2/c1-4-7-8(6-13)9(12)5-10(14-2)11(7)15-3/h5H,4,6,13H2,1-3H3. The Bertz CT molecular complexity index is 353. The van der Waals surface area contributed by atoms with Crippen LogP contribution in [-0.2, 0) is 13.0 Å². The van der Waals surface area contributed by atoms with Crippen LogP contribution in [0.3, 0.4) is 0 Å². The third-order valence-corrected chi connectivity index (χ3v) is 3.10. The lowest BCUT2D eigenvalue weighted by atomic mass is 10.0. The Morgan fingerprint density at radius 3 is 2.33 bits per heavy atom. The average Bonchev–Trinajstić information content (AvgIpc) is 2.27. The van der Waals surface area contributed by atoms with Crippen molar-refractivity contribution in [2.24, 2.45) is 5.73 Å². The number of hydrogen-bond donors (Lipinski definition) is 1. The van der Waals surface area contributed by atoms with Crippen molar-refractivity contribution in [2.75, 3.05) is 14.2 Å². The van der Waals surface area contributed by atoms with Crippen LogP contribution in [0.25, 0.3) is 0 Å². The topological polar surface area (TPSA) is 44.5 Å². The van der Waals surface area contributed by atoms with Crippen LogP contribution < -0.4 is 15.2 Å². The molecule has 0 bridgehead atoms. The maximum absolute atomic E-state index is 5.72. The summed E-state index contributed by atoms with van der Waals surface area (Å²) < 4.78 is 11.6. The quantitative estimate of drug-likeness (QED) is 0.917. The van der Waals surface area contributed by atoms with Gasteiger partial charge in [0.25, 0.3) is 0 Å². The van der Waals surface area contributed by atoms with Crippen LogP contribution in [0, 0.1) is 0 Å². The highest BCUT2D eigenvalue weighted by molar-refractivity contribution is 9.10. The summed E-state index contributed by atoms with van der Waals surface area (Å²) in [5.74, 6) is 1.52. The molecule has 2 N–H and O–H groups in total. The van der Waals surface area contributed by atoms with Gasteiger partial charge in [0.1, 0.15) is 0 Å². The highest BCUT2D eigenvalue weighted by Gasteiger charge is 2.15. The van der Waals surface area contributed by atoms with Gasteiger partial charge in [-0.3, -0.25) is 0 Å².